The minimum Gasteiger partial charge on any atom is -0.392 e. The molecule has 3 N–H and O–H groups in total. The highest BCUT2D eigenvalue weighted by Gasteiger charge is 2.33. The van der Waals surface area contributed by atoms with Gasteiger partial charge in [-0.2, -0.15) is 0 Å². The molecule has 0 spiro atoms. The quantitative estimate of drug-likeness (QED) is 0.821. The number of pyridine rings is 1. The Morgan fingerprint density at radius 3 is 2.39 bits per heavy atom. The highest BCUT2D eigenvalue weighted by atomic mass is 19.4. The number of alkyl halides is 5. The normalized spacial score (nSPS) is 12.0. The van der Waals surface area contributed by atoms with Gasteiger partial charge in [-0.15, -0.1) is 13.2 Å². The summed E-state index contributed by atoms with van der Waals surface area (Å²) in [5.41, 5.74) is 3.86. The van der Waals surface area contributed by atoms with Gasteiger partial charge in [0.25, 0.3) is 6.43 Å². The summed E-state index contributed by atoms with van der Waals surface area (Å²) in [4.78, 5) is 3.03. The Balaban J connectivity index is 3.27. The van der Waals surface area contributed by atoms with E-state index in [1.54, 1.807) is 0 Å². The molecule has 0 aliphatic carbocycles. The number of hydrogen-bond acceptors (Lipinski definition) is 4. The van der Waals surface area contributed by atoms with Gasteiger partial charge in [0, 0.05) is 18.2 Å². The Hall–Kier alpha value is -1.48. The molecule has 0 radical (unpaired) electrons. The fourth-order valence-corrected chi connectivity index (χ4v) is 1.34. The first-order valence-corrected chi connectivity index (χ1v) is 4.66. The van der Waals surface area contributed by atoms with Gasteiger partial charge in [-0.25, -0.2) is 13.8 Å². The van der Waals surface area contributed by atoms with Crippen LogP contribution in [0.3, 0.4) is 0 Å². The van der Waals surface area contributed by atoms with Crippen LogP contribution < -0.4 is 10.5 Å². The molecule has 102 valence electrons. The van der Waals surface area contributed by atoms with Crippen molar-refractivity contribution in [2.75, 3.05) is 0 Å². The maximum absolute atomic E-state index is 12.6. The third-order valence-electron chi connectivity index (χ3n) is 2.03. The number of aromatic nitrogens is 1. The Bertz CT molecular complexity index is 422. The van der Waals surface area contributed by atoms with Crippen LogP contribution in [-0.2, 0) is 13.2 Å². The third kappa shape index (κ3) is 3.50. The molecule has 9 heteroatoms. The summed E-state index contributed by atoms with van der Waals surface area (Å²) < 4.78 is 64.5. The average Bonchev–Trinajstić information content (AvgIpc) is 2.25. The summed E-state index contributed by atoms with van der Waals surface area (Å²) in [5, 5.41) is 8.91. The molecule has 0 bridgehead atoms. The lowest BCUT2D eigenvalue weighted by molar-refractivity contribution is -0.276. The molecule has 0 unspecified atom stereocenters. The molecule has 0 aromatic carbocycles. The zero-order valence-electron chi connectivity index (χ0n) is 8.84. The average molecular weight is 272 g/mol. The molecule has 0 amide bonds. The first-order valence-electron chi connectivity index (χ1n) is 4.66. The molecule has 0 saturated heterocycles. The molecule has 1 aromatic rings. The van der Waals surface area contributed by atoms with Gasteiger partial charge in [0.15, 0.2) is 0 Å². The van der Waals surface area contributed by atoms with Gasteiger partial charge < -0.3 is 15.6 Å². The van der Waals surface area contributed by atoms with Gasteiger partial charge in [0.05, 0.1) is 6.61 Å². The van der Waals surface area contributed by atoms with E-state index in [1.807, 2.05) is 0 Å². The predicted octanol–water partition coefficient (Wildman–Crippen LogP) is 1.87. The molecule has 1 aromatic heterocycles. The van der Waals surface area contributed by atoms with Gasteiger partial charge in [-0.05, 0) is 5.56 Å². The predicted molar refractivity (Wildman–Crippen MR) is 49.7 cm³/mol. The third-order valence-corrected chi connectivity index (χ3v) is 2.03. The summed E-state index contributed by atoms with van der Waals surface area (Å²) in [5.74, 6) is -1.03. The molecule has 0 fully saturated rings. The second-order valence-corrected chi connectivity index (χ2v) is 3.19. The van der Waals surface area contributed by atoms with Crippen molar-refractivity contribution < 1.29 is 31.8 Å². The van der Waals surface area contributed by atoms with Crippen LogP contribution in [0.1, 0.15) is 23.2 Å². The summed E-state index contributed by atoms with van der Waals surface area (Å²) in [6.07, 6.45) is -8.19. The molecular weight excluding hydrogens is 263 g/mol. The SMILES string of the molecule is NCc1cc(OC(F)(F)F)nc(C(F)F)c1CO. The van der Waals surface area contributed by atoms with E-state index in [0.717, 1.165) is 6.07 Å². The van der Waals surface area contributed by atoms with Crippen LogP contribution in [0.4, 0.5) is 22.0 Å². The molecule has 0 aliphatic heterocycles. The van der Waals surface area contributed by atoms with Crippen molar-refractivity contribution in [1.82, 2.24) is 4.98 Å². The molecule has 1 rings (SSSR count). The number of nitrogens with two attached hydrogens (primary N) is 1. The Labute approximate surface area is 98.2 Å². The maximum atomic E-state index is 12.6. The zero-order chi connectivity index (χ0) is 13.9. The summed E-state index contributed by atoms with van der Waals surface area (Å²) in [6, 6.07) is 0.769. The number of hydrogen-bond donors (Lipinski definition) is 2. The van der Waals surface area contributed by atoms with Gasteiger partial charge in [-0.1, -0.05) is 0 Å². The second kappa shape index (κ2) is 5.44. The minimum absolute atomic E-state index is 0.0814. The largest absolute Gasteiger partial charge is 0.574 e. The molecule has 0 aliphatic rings. The van der Waals surface area contributed by atoms with Crippen molar-refractivity contribution in [2.45, 2.75) is 25.9 Å². The molecular formula is C9H9F5N2O2. The molecule has 4 nitrogen and oxygen atoms in total. The number of halogens is 5. The molecule has 18 heavy (non-hydrogen) atoms. The van der Waals surface area contributed by atoms with E-state index in [2.05, 4.69) is 9.72 Å². The van der Waals surface area contributed by atoms with E-state index < -0.39 is 31.0 Å². The van der Waals surface area contributed by atoms with Crippen molar-refractivity contribution >= 4 is 0 Å². The van der Waals surface area contributed by atoms with Crippen LogP contribution in [0.2, 0.25) is 0 Å². The standard InChI is InChI=1S/C9H9F5N2O2/c10-8(11)7-5(3-17)4(2-15)1-6(16-7)18-9(12,13)14/h1,8,17H,2-3,15H2. The van der Waals surface area contributed by atoms with Crippen molar-refractivity contribution in [3.05, 3.63) is 22.9 Å². The summed E-state index contributed by atoms with van der Waals surface area (Å²) >= 11 is 0. The summed E-state index contributed by atoms with van der Waals surface area (Å²) in [6.45, 7) is -1.13. The van der Waals surface area contributed by atoms with Crippen LogP contribution in [0.5, 0.6) is 5.88 Å². The van der Waals surface area contributed by atoms with Crippen LogP contribution in [0, 0.1) is 0 Å². The number of nitrogens with zero attached hydrogens (tertiary/aromatic N) is 1. The van der Waals surface area contributed by atoms with Crippen LogP contribution in [0.15, 0.2) is 6.07 Å². The molecule has 0 saturated carbocycles. The first-order chi connectivity index (χ1) is 8.28. The topological polar surface area (TPSA) is 68.4 Å². The lowest BCUT2D eigenvalue weighted by Gasteiger charge is -2.14. The number of aliphatic hydroxyl groups is 1. The number of aliphatic hydroxyl groups excluding tert-OH is 1. The van der Waals surface area contributed by atoms with E-state index in [1.165, 1.54) is 0 Å². The van der Waals surface area contributed by atoms with Crippen molar-refractivity contribution in [2.24, 2.45) is 5.73 Å². The fraction of sp³-hybridized carbons (Fsp3) is 0.444. The smallest absolute Gasteiger partial charge is 0.392 e. The first kappa shape index (κ1) is 14.6. The van der Waals surface area contributed by atoms with E-state index in [-0.39, 0.29) is 17.7 Å². The Morgan fingerprint density at radius 2 is 2.00 bits per heavy atom. The van der Waals surface area contributed by atoms with Gasteiger partial charge in [0.2, 0.25) is 5.88 Å². The zero-order valence-corrected chi connectivity index (χ0v) is 8.84. The number of rotatable bonds is 4. The minimum atomic E-state index is -5.04. The fourth-order valence-electron chi connectivity index (χ4n) is 1.34. The van der Waals surface area contributed by atoms with Gasteiger partial charge in [-0.3, -0.25) is 0 Å². The van der Waals surface area contributed by atoms with Gasteiger partial charge >= 0.3 is 6.36 Å². The van der Waals surface area contributed by atoms with E-state index in [0.29, 0.717) is 0 Å². The van der Waals surface area contributed by atoms with Crippen LogP contribution in [-0.4, -0.2) is 16.5 Å². The molecule has 0 atom stereocenters. The van der Waals surface area contributed by atoms with Crippen molar-refractivity contribution in [3.63, 3.8) is 0 Å². The monoisotopic (exact) mass is 272 g/mol. The van der Waals surface area contributed by atoms with Crippen molar-refractivity contribution in [1.29, 1.82) is 0 Å². The lowest BCUT2D eigenvalue weighted by atomic mass is 10.1. The Kier molecular flexibility index (Phi) is 4.41. The second-order valence-electron chi connectivity index (χ2n) is 3.19. The highest BCUT2D eigenvalue weighted by Crippen LogP contribution is 2.29. The van der Waals surface area contributed by atoms with E-state index >= 15 is 0 Å². The maximum Gasteiger partial charge on any atom is 0.574 e. The molecule has 1 heterocycles. The summed E-state index contributed by atoms with van der Waals surface area (Å²) in [7, 11) is 0. The lowest BCUT2D eigenvalue weighted by Crippen LogP contribution is -2.19. The Morgan fingerprint density at radius 1 is 1.39 bits per heavy atom. The highest BCUT2D eigenvalue weighted by molar-refractivity contribution is 5.35. The number of ether oxygens (including phenoxy) is 1. The van der Waals surface area contributed by atoms with E-state index in [4.69, 9.17) is 10.8 Å². The van der Waals surface area contributed by atoms with Gasteiger partial charge in [0.1, 0.15) is 5.69 Å². The van der Waals surface area contributed by atoms with Crippen LogP contribution in [0.25, 0.3) is 0 Å². The van der Waals surface area contributed by atoms with Crippen molar-refractivity contribution in [3.8, 4) is 5.88 Å². The van der Waals surface area contributed by atoms with Crippen LogP contribution >= 0.6 is 0 Å². The van der Waals surface area contributed by atoms with E-state index in [9.17, 15) is 22.0 Å².